The van der Waals surface area contributed by atoms with Crippen LogP contribution in [0.1, 0.15) is 30.0 Å². The SMILES string of the molecule is CCOc1ncccc1C(=O)N(CC)Cc1nc2ccccc2c(=O)[nH]1. The number of benzene rings is 1. The molecular weight excluding hydrogens is 332 g/mol. The van der Waals surface area contributed by atoms with Gasteiger partial charge in [0.05, 0.1) is 24.1 Å². The molecule has 134 valence electrons. The number of aromatic nitrogens is 3. The first-order valence-electron chi connectivity index (χ1n) is 8.49. The van der Waals surface area contributed by atoms with Crippen LogP contribution in [0.2, 0.25) is 0 Å². The minimum absolute atomic E-state index is 0.190. The van der Waals surface area contributed by atoms with Crippen molar-refractivity contribution in [3.8, 4) is 5.88 Å². The second kappa shape index (κ2) is 7.77. The number of hydrogen-bond donors (Lipinski definition) is 1. The van der Waals surface area contributed by atoms with Crippen LogP contribution in [-0.4, -0.2) is 38.9 Å². The van der Waals surface area contributed by atoms with E-state index in [-0.39, 0.29) is 18.0 Å². The van der Waals surface area contributed by atoms with Crippen molar-refractivity contribution in [1.82, 2.24) is 19.9 Å². The normalized spacial score (nSPS) is 10.7. The first kappa shape index (κ1) is 17.6. The number of para-hydroxylation sites is 1. The standard InChI is InChI=1S/C19H20N4O3/c1-3-23(19(25)14-9-7-11-20-18(14)26-4-2)12-16-21-15-10-6-5-8-13(15)17(24)22-16/h5-11H,3-4,12H2,1-2H3,(H,21,22,24). The van der Waals surface area contributed by atoms with E-state index in [2.05, 4.69) is 15.0 Å². The summed E-state index contributed by atoms with van der Waals surface area (Å²) in [4.78, 5) is 38.1. The number of nitrogens with one attached hydrogen (secondary N) is 1. The van der Waals surface area contributed by atoms with Crippen LogP contribution >= 0.6 is 0 Å². The molecule has 0 aliphatic rings. The molecule has 1 N–H and O–H groups in total. The van der Waals surface area contributed by atoms with Crippen LogP contribution in [0.5, 0.6) is 5.88 Å². The largest absolute Gasteiger partial charge is 0.477 e. The molecule has 0 saturated heterocycles. The quantitative estimate of drug-likeness (QED) is 0.736. The van der Waals surface area contributed by atoms with E-state index in [0.717, 1.165) is 0 Å². The maximum atomic E-state index is 12.9. The van der Waals surface area contributed by atoms with E-state index in [1.165, 1.54) is 0 Å². The van der Waals surface area contributed by atoms with Gasteiger partial charge < -0.3 is 14.6 Å². The van der Waals surface area contributed by atoms with Crippen LogP contribution in [0.15, 0.2) is 47.4 Å². The Labute approximate surface area is 150 Å². The lowest BCUT2D eigenvalue weighted by Crippen LogP contribution is -2.32. The first-order chi connectivity index (χ1) is 12.6. The number of carbonyl (C=O) groups excluding carboxylic acids is 1. The fourth-order valence-electron chi connectivity index (χ4n) is 2.69. The molecule has 7 heteroatoms. The molecule has 3 aromatic rings. The highest BCUT2D eigenvalue weighted by molar-refractivity contribution is 5.96. The predicted octanol–water partition coefficient (Wildman–Crippen LogP) is 2.38. The minimum atomic E-state index is -0.222. The molecule has 26 heavy (non-hydrogen) atoms. The zero-order chi connectivity index (χ0) is 18.5. The number of nitrogens with zero attached hydrogens (tertiary/aromatic N) is 3. The van der Waals surface area contributed by atoms with E-state index in [1.54, 1.807) is 41.4 Å². The molecule has 0 unspecified atom stereocenters. The molecule has 1 aromatic carbocycles. The molecule has 0 radical (unpaired) electrons. The van der Waals surface area contributed by atoms with Gasteiger partial charge in [-0.1, -0.05) is 12.1 Å². The summed E-state index contributed by atoms with van der Waals surface area (Å²) in [5.74, 6) is 0.518. The summed E-state index contributed by atoms with van der Waals surface area (Å²) in [5.41, 5.74) is 0.774. The maximum absolute atomic E-state index is 12.9. The number of H-pyrrole nitrogens is 1. The van der Waals surface area contributed by atoms with Crippen molar-refractivity contribution in [2.24, 2.45) is 0 Å². The van der Waals surface area contributed by atoms with Crippen LogP contribution in [0.4, 0.5) is 0 Å². The maximum Gasteiger partial charge on any atom is 0.259 e. The summed E-state index contributed by atoms with van der Waals surface area (Å²) in [6.07, 6.45) is 1.58. The lowest BCUT2D eigenvalue weighted by molar-refractivity contribution is 0.0743. The van der Waals surface area contributed by atoms with Gasteiger partial charge in [-0.25, -0.2) is 9.97 Å². The minimum Gasteiger partial charge on any atom is -0.477 e. The van der Waals surface area contributed by atoms with E-state index >= 15 is 0 Å². The average molecular weight is 352 g/mol. The van der Waals surface area contributed by atoms with Crippen molar-refractivity contribution < 1.29 is 9.53 Å². The Balaban J connectivity index is 1.90. The Kier molecular flexibility index (Phi) is 5.26. The molecule has 0 aliphatic heterocycles. The summed E-state index contributed by atoms with van der Waals surface area (Å²) in [6.45, 7) is 4.77. The zero-order valence-electron chi connectivity index (χ0n) is 14.7. The first-order valence-corrected chi connectivity index (χ1v) is 8.49. The van der Waals surface area contributed by atoms with E-state index in [4.69, 9.17) is 4.74 Å². The average Bonchev–Trinajstić information content (AvgIpc) is 2.66. The van der Waals surface area contributed by atoms with Crippen molar-refractivity contribution >= 4 is 16.8 Å². The fourth-order valence-corrected chi connectivity index (χ4v) is 2.69. The van der Waals surface area contributed by atoms with E-state index < -0.39 is 0 Å². The summed E-state index contributed by atoms with van der Waals surface area (Å²) < 4.78 is 5.45. The third kappa shape index (κ3) is 3.56. The van der Waals surface area contributed by atoms with Crippen molar-refractivity contribution in [3.63, 3.8) is 0 Å². The molecule has 0 bridgehead atoms. The molecular formula is C19H20N4O3. The molecule has 0 atom stereocenters. The number of amides is 1. The van der Waals surface area contributed by atoms with Crippen molar-refractivity contribution in [3.05, 3.63) is 64.3 Å². The number of fused-ring (bicyclic) bond motifs is 1. The van der Waals surface area contributed by atoms with Gasteiger partial charge in [0, 0.05) is 12.7 Å². The summed E-state index contributed by atoms with van der Waals surface area (Å²) >= 11 is 0. The van der Waals surface area contributed by atoms with Crippen LogP contribution in [0.25, 0.3) is 10.9 Å². The highest BCUT2D eigenvalue weighted by Crippen LogP contribution is 2.18. The van der Waals surface area contributed by atoms with Gasteiger partial charge >= 0.3 is 0 Å². The third-order valence-corrected chi connectivity index (χ3v) is 3.95. The zero-order valence-corrected chi connectivity index (χ0v) is 14.7. The van der Waals surface area contributed by atoms with Crippen molar-refractivity contribution in [2.45, 2.75) is 20.4 Å². The molecule has 0 aliphatic carbocycles. The van der Waals surface area contributed by atoms with Crippen molar-refractivity contribution in [2.75, 3.05) is 13.2 Å². The van der Waals surface area contributed by atoms with Gasteiger partial charge in [-0.05, 0) is 38.1 Å². The molecule has 0 saturated carbocycles. The molecule has 0 fully saturated rings. The third-order valence-electron chi connectivity index (χ3n) is 3.95. The Morgan fingerprint density at radius 1 is 1.19 bits per heavy atom. The van der Waals surface area contributed by atoms with Gasteiger partial charge in [0.1, 0.15) is 11.4 Å². The summed E-state index contributed by atoms with van der Waals surface area (Å²) in [6, 6.07) is 10.5. The molecule has 2 aromatic heterocycles. The van der Waals surface area contributed by atoms with Crippen LogP contribution in [-0.2, 0) is 6.54 Å². The number of pyridine rings is 1. The highest BCUT2D eigenvalue weighted by atomic mass is 16.5. The molecule has 7 nitrogen and oxygen atoms in total. The van der Waals surface area contributed by atoms with Gasteiger partial charge in [0.25, 0.3) is 11.5 Å². The van der Waals surface area contributed by atoms with E-state index in [0.29, 0.717) is 41.3 Å². The number of hydrogen-bond acceptors (Lipinski definition) is 5. The summed E-state index contributed by atoms with van der Waals surface area (Å²) in [7, 11) is 0. The Hall–Kier alpha value is -3.22. The lowest BCUT2D eigenvalue weighted by atomic mass is 10.2. The number of aromatic amines is 1. The highest BCUT2D eigenvalue weighted by Gasteiger charge is 2.20. The molecule has 2 heterocycles. The van der Waals surface area contributed by atoms with Crippen LogP contribution < -0.4 is 10.3 Å². The Morgan fingerprint density at radius 2 is 2.00 bits per heavy atom. The topological polar surface area (TPSA) is 88.2 Å². The Morgan fingerprint density at radius 3 is 2.77 bits per heavy atom. The van der Waals surface area contributed by atoms with Gasteiger partial charge in [-0.2, -0.15) is 0 Å². The van der Waals surface area contributed by atoms with Gasteiger partial charge in [-0.3, -0.25) is 9.59 Å². The van der Waals surface area contributed by atoms with Gasteiger partial charge in [0.15, 0.2) is 0 Å². The van der Waals surface area contributed by atoms with Gasteiger partial charge in [0.2, 0.25) is 5.88 Å². The number of rotatable bonds is 6. The van der Waals surface area contributed by atoms with Crippen molar-refractivity contribution in [1.29, 1.82) is 0 Å². The lowest BCUT2D eigenvalue weighted by Gasteiger charge is -2.21. The molecule has 0 spiro atoms. The number of ether oxygens (including phenoxy) is 1. The number of carbonyl (C=O) groups is 1. The predicted molar refractivity (Wildman–Crippen MR) is 98.2 cm³/mol. The second-order valence-electron chi connectivity index (χ2n) is 5.64. The Bertz CT molecular complexity index is 984. The smallest absolute Gasteiger partial charge is 0.259 e. The molecule has 3 rings (SSSR count). The summed E-state index contributed by atoms with van der Waals surface area (Å²) in [5, 5.41) is 0.525. The fraction of sp³-hybridized carbons (Fsp3) is 0.263. The van der Waals surface area contributed by atoms with Crippen LogP contribution in [0, 0.1) is 0 Å². The monoisotopic (exact) mass is 352 g/mol. The second-order valence-corrected chi connectivity index (χ2v) is 5.64. The van der Waals surface area contributed by atoms with Crippen LogP contribution in [0.3, 0.4) is 0 Å². The molecule has 1 amide bonds. The van der Waals surface area contributed by atoms with E-state index in [1.807, 2.05) is 19.9 Å². The van der Waals surface area contributed by atoms with Gasteiger partial charge in [-0.15, -0.1) is 0 Å². The van der Waals surface area contributed by atoms with E-state index in [9.17, 15) is 9.59 Å².